The van der Waals surface area contributed by atoms with E-state index in [-0.39, 0.29) is 18.1 Å². The van der Waals surface area contributed by atoms with Gasteiger partial charge in [0.25, 0.3) is 0 Å². The van der Waals surface area contributed by atoms with Crippen LogP contribution in [0.3, 0.4) is 0 Å². The van der Waals surface area contributed by atoms with Crippen molar-refractivity contribution >= 4 is 34.1 Å². The first-order valence-electron chi connectivity index (χ1n) is 9.66. The fourth-order valence-electron chi connectivity index (χ4n) is 3.97. The minimum absolute atomic E-state index is 0.116. The summed E-state index contributed by atoms with van der Waals surface area (Å²) in [4.78, 5) is 17.8. The summed E-state index contributed by atoms with van der Waals surface area (Å²) in [6.07, 6.45) is 4.00. The van der Waals surface area contributed by atoms with Crippen LogP contribution in [0.15, 0.2) is 42.6 Å². The predicted molar refractivity (Wildman–Crippen MR) is 113 cm³/mol. The Bertz CT molecular complexity index is 1030. The zero-order valence-electron chi connectivity index (χ0n) is 16.2. The molecule has 0 radical (unpaired) electrons. The third-order valence-electron chi connectivity index (χ3n) is 5.52. The van der Waals surface area contributed by atoms with Gasteiger partial charge in [0.1, 0.15) is 11.6 Å². The summed E-state index contributed by atoms with van der Waals surface area (Å²) in [6.45, 7) is 1.86. The summed E-state index contributed by atoms with van der Waals surface area (Å²) >= 11 is 5.88. The van der Waals surface area contributed by atoms with Gasteiger partial charge in [0.2, 0.25) is 5.91 Å². The molecular weight excluding hydrogens is 393 g/mol. The van der Waals surface area contributed by atoms with Crippen LogP contribution in [0.5, 0.6) is 5.75 Å². The highest BCUT2D eigenvalue weighted by Gasteiger charge is 2.24. The molecule has 152 valence electrons. The normalized spacial score (nSPS) is 15.6. The number of methoxy groups -OCH3 is 1. The lowest BCUT2D eigenvalue weighted by Crippen LogP contribution is -2.38. The molecule has 0 spiro atoms. The maximum Gasteiger partial charge on any atom is 0.238 e. The third kappa shape index (κ3) is 4.38. The largest absolute Gasteiger partial charge is 0.497 e. The number of ether oxygens (including phenoxy) is 1. The monoisotopic (exact) mass is 415 g/mol. The molecule has 1 saturated heterocycles. The van der Waals surface area contributed by atoms with Crippen molar-refractivity contribution in [3.63, 3.8) is 0 Å². The second-order valence-electron chi connectivity index (χ2n) is 7.38. The lowest BCUT2D eigenvalue weighted by atomic mass is 9.89. The van der Waals surface area contributed by atoms with Crippen LogP contribution in [0, 0.1) is 5.82 Å². The first kappa shape index (κ1) is 19.7. The Kier molecular flexibility index (Phi) is 5.74. The second kappa shape index (κ2) is 8.43. The van der Waals surface area contributed by atoms with E-state index in [2.05, 4.69) is 27.5 Å². The van der Waals surface area contributed by atoms with Crippen molar-refractivity contribution in [1.82, 2.24) is 9.88 Å². The van der Waals surface area contributed by atoms with Gasteiger partial charge in [-0.05, 0) is 73.8 Å². The third-order valence-corrected chi connectivity index (χ3v) is 5.75. The van der Waals surface area contributed by atoms with E-state index in [1.165, 1.54) is 29.1 Å². The van der Waals surface area contributed by atoms with Gasteiger partial charge in [-0.15, -0.1) is 0 Å². The van der Waals surface area contributed by atoms with Crippen LogP contribution < -0.4 is 10.1 Å². The van der Waals surface area contributed by atoms with E-state index in [0.717, 1.165) is 37.2 Å². The fourth-order valence-corrected chi connectivity index (χ4v) is 4.15. The summed E-state index contributed by atoms with van der Waals surface area (Å²) in [5.74, 6) is 0.555. The van der Waals surface area contributed by atoms with Gasteiger partial charge in [-0.1, -0.05) is 11.6 Å². The molecule has 2 heterocycles. The van der Waals surface area contributed by atoms with E-state index in [1.54, 1.807) is 7.11 Å². The van der Waals surface area contributed by atoms with E-state index < -0.39 is 5.82 Å². The molecule has 29 heavy (non-hydrogen) atoms. The number of likely N-dealkylation sites (tertiary alicyclic amines) is 1. The molecule has 1 aromatic heterocycles. The SMILES string of the molecule is COc1ccc2[nH]cc(C3CCN(CC(=O)Nc4cc(Cl)ccc4F)CC3)c2c1. The molecule has 0 unspecified atom stereocenters. The Balaban J connectivity index is 1.36. The number of benzene rings is 2. The average Bonchev–Trinajstić information content (AvgIpc) is 3.14. The molecule has 1 aliphatic heterocycles. The molecule has 0 atom stereocenters. The first-order chi connectivity index (χ1) is 14.0. The number of hydrogen-bond acceptors (Lipinski definition) is 3. The number of nitrogens with zero attached hydrogens (tertiary/aromatic N) is 1. The van der Waals surface area contributed by atoms with Crippen LogP contribution in [-0.4, -0.2) is 42.5 Å². The zero-order valence-corrected chi connectivity index (χ0v) is 16.9. The minimum atomic E-state index is -0.490. The van der Waals surface area contributed by atoms with E-state index in [1.807, 2.05) is 12.1 Å². The van der Waals surface area contributed by atoms with Crippen LogP contribution in [0.4, 0.5) is 10.1 Å². The van der Waals surface area contributed by atoms with Gasteiger partial charge in [-0.2, -0.15) is 0 Å². The molecule has 4 rings (SSSR count). The average molecular weight is 416 g/mol. The number of amides is 1. The minimum Gasteiger partial charge on any atom is -0.497 e. The molecule has 1 amide bonds. The first-order valence-corrected chi connectivity index (χ1v) is 10.0. The lowest BCUT2D eigenvalue weighted by Gasteiger charge is -2.31. The molecule has 3 aromatic rings. The summed E-state index contributed by atoms with van der Waals surface area (Å²) in [5.41, 5.74) is 2.51. The number of rotatable bonds is 5. The van der Waals surface area contributed by atoms with Crippen LogP contribution in [0.1, 0.15) is 24.3 Å². The van der Waals surface area contributed by atoms with Gasteiger partial charge >= 0.3 is 0 Å². The second-order valence-corrected chi connectivity index (χ2v) is 7.81. The van der Waals surface area contributed by atoms with Gasteiger partial charge in [-0.25, -0.2) is 4.39 Å². The maximum atomic E-state index is 13.8. The molecule has 5 nitrogen and oxygen atoms in total. The number of hydrogen-bond donors (Lipinski definition) is 2. The van der Waals surface area contributed by atoms with Crippen LogP contribution >= 0.6 is 11.6 Å². The summed E-state index contributed by atoms with van der Waals surface area (Å²) in [7, 11) is 1.67. The summed E-state index contributed by atoms with van der Waals surface area (Å²) in [6, 6.07) is 10.2. The van der Waals surface area contributed by atoms with Crippen molar-refractivity contribution < 1.29 is 13.9 Å². The Morgan fingerprint density at radius 2 is 2.07 bits per heavy atom. The highest BCUT2D eigenvalue weighted by molar-refractivity contribution is 6.30. The zero-order chi connectivity index (χ0) is 20.4. The molecule has 1 fully saturated rings. The summed E-state index contributed by atoms with van der Waals surface area (Å²) < 4.78 is 19.2. The Morgan fingerprint density at radius 1 is 1.28 bits per heavy atom. The van der Waals surface area contributed by atoms with Crippen molar-refractivity contribution in [2.24, 2.45) is 0 Å². The molecule has 0 saturated carbocycles. The smallest absolute Gasteiger partial charge is 0.238 e. The molecule has 0 bridgehead atoms. The number of carbonyl (C=O) groups is 1. The number of H-pyrrole nitrogens is 1. The van der Waals surface area contributed by atoms with Crippen LogP contribution in [-0.2, 0) is 4.79 Å². The Labute approximate surface area is 173 Å². The van der Waals surface area contributed by atoms with Gasteiger partial charge in [-0.3, -0.25) is 9.69 Å². The van der Waals surface area contributed by atoms with Crippen molar-refractivity contribution in [2.45, 2.75) is 18.8 Å². The quantitative estimate of drug-likeness (QED) is 0.630. The van der Waals surface area contributed by atoms with Gasteiger partial charge in [0.15, 0.2) is 0 Å². The maximum absolute atomic E-state index is 13.8. The Hall–Kier alpha value is -2.57. The van der Waals surface area contributed by atoms with Crippen molar-refractivity contribution in [2.75, 3.05) is 32.1 Å². The molecule has 2 aromatic carbocycles. The molecule has 2 N–H and O–H groups in total. The fraction of sp³-hybridized carbons (Fsp3) is 0.318. The number of aromatic nitrogens is 1. The van der Waals surface area contributed by atoms with Crippen LogP contribution in [0.2, 0.25) is 5.02 Å². The number of nitrogens with one attached hydrogen (secondary N) is 2. The van der Waals surface area contributed by atoms with E-state index in [9.17, 15) is 9.18 Å². The Morgan fingerprint density at radius 3 is 2.83 bits per heavy atom. The number of carbonyl (C=O) groups excluding carboxylic acids is 1. The van der Waals surface area contributed by atoms with Gasteiger partial charge in [0, 0.05) is 22.1 Å². The number of halogens is 2. The number of piperidine rings is 1. The van der Waals surface area contributed by atoms with Crippen molar-refractivity contribution in [1.29, 1.82) is 0 Å². The predicted octanol–water partition coefficient (Wildman–Crippen LogP) is 4.79. The molecule has 7 heteroatoms. The topological polar surface area (TPSA) is 57.4 Å². The van der Waals surface area contributed by atoms with E-state index in [0.29, 0.717) is 10.9 Å². The van der Waals surface area contributed by atoms with Crippen LogP contribution in [0.25, 0.3) is 10.9 Å². The van der Waals surface area contributed by atoms with Crippen molar-refractivity contribution in [3.8, 4) is 5.75 Å². The number of anilines is 1. The van der Waals surface area contributed by atoms with Gasteiger partial charge in [0.05, 0.1) is 19.3 Å². The van der Waals surface area contributed by atoms with Crippen molar-refractivity contribution in [3.05, 3.63) is 59.0 Å². The molecule has 1 aliphatic rings. The highest BCUT2D eigenvalue weighted by Crippen LogP contribution is 2.34. The van der Waals surface area contributed by atoms with Gasteiger partial charge < -0.3 is 15.0 Å². The molecule has 0 aliphatic carbocycles. The number of fused-ring (bicyclic) bond motifs is 1. The highest BCUT2D eigenvalue weighted by atomic mass is 35.5. The number of aromatic amines is 1. The van der Waals surface area contributed by atoms with E-state index in [4.69, 9.17) is 16.3 Å². The summed E-state index contributed by atoms with van der Waals surface area (Å²) in [5, 5.41) is 4.19. The van der Waals surface area contributed by atoms with E-state index >= 15 is 0 Å². The molecular formula is C22H23ClFN3O2. The lowest BCUT2D eigenvalue weighted by molar-refractivity contribution is -0.117. The standard InChI is InChI=1S/C22H23ClFN3O2/c1-29-16-3-5-20-17(11-16)18(12-25-20)14-6-8-27(9-7-14)13-22(28)26-21-10-15(23)2-4-19(21)24/h2-5,10-12,14,25H,6-9,13H2,1H3,(H,26,28).